The fourth-order valence-corrected chi connectivity index (χ4v) is 4.09. The first-order valence-electron chi connectivity index (χ1n) is 11.9. The molecule has 3 heteroatoms. The molecule has 0 saturated carbocycles. The summed E-state index contributed by atoms with van der Waals surface area (Å²) in [5.41, 5.74) is 7.39. The van der Waals surface area contributed by atoms with E-state index in [1.165, 1.54) is 27.9 Å². The van der Waals surface area contributed by atoms with E-state index in [-0.39, 0.29) is 0 Å². The van der Waals surface area contributed by atoms with Gasteiger partial charge in [-0.2, -0.15) is 0 Å². The summed E-state index contributed by atoms with van der Waals surface area (Å²) < 4.78 is 7.73. The van der Waals surface area contributed by atoms with Crippen LogP contribution in [0, 0.1) is 0 Å². The highest BCUT2D eigenvalue weighted by Gasteiger charge is 2.20. The van der Waals surface area contributed by atoms with Gasteiger partial charge in [0.1, 0.15) is 11.6 Å². The minimum Gasteiger partial charge on any atom is -0.497 e. The van der Waals surface area contributed by atoms with Crippen molar-refractivity contribution < 1.29 is 4.74 Å². The lowest BCUT2D eigenvalue weighted by atomic mass is 9.88. The number of aromatic nitrogens is 2. The first-order chi connectivity index (χ1) is 16.0. The van der Waals surface area contributed by atoms with Crippen molar-refractivity contribution >= 4 is 0 Å². The number of rotatable bonds is 6. The maximum absolute atomic E-state index is 5.47. The molecule has 4 rings (SSSR count). The van der Waals surface area contributed by atoms with Crippen LogP contribution in [0.5, 0.6) is 5.75 Å². The minimum absolute atomic E-state index is 0.365. The van der Waals surface area contributed by atoms with Gasteiger partial charge in [0.15, 0.2) is 0 Å². The zero-order chi connectivity index (χ0) is 24.0. The van der Waals surface area contributed by atoms with Crippen LogP contribution in [0.3, 0.4) is 0 Å². The highest BCUT2D eigenvalue weighted by Crippen LogP contribution is 2.38. The van der Waals surface area contributed by atoms with Gasteiger partial charge in [0.25, 0.3) is 0 Å². The molecule has 1 heterocycles. The Morgan fingerprint density at radius 1 is 0.727 bits per heavy atom. The lowest BCUT2D eigenvalue weighted by Crippen LogP contribution is -2.08. The van der Waals surface area contributed by atoms with Crippen LogP contribution >= 0.6 is 0 Å². The zero-order valence-corrected chi connectivity index (χ0v) is 21.0. The largest absolute Gasteiger partial charge is 0.497 e. The fourth-order valence-electron chi connectivity index (χ4n) is 4.09. The summed E-state index contributed by atoms with van der Waals surface area (Å²) in [6, 6.07) is 23.4. The Morgan fingerprint density at radius 3 is 1.91 bits per heavy atom. The molecule has 172 valence electrons. The molecule has 0 amide bonds. The minimum atomic E-state index is 0.365. The Labute approximate surface area is 199 Å². The van der Waals surface area contributed by atoms with Crippen LogP contribution < -0.4 is 4.74 Å². The highest BCUT2D eigenvalue weighted by molar-refractivity contribution is 5.72. The lowest BCUT2D eigenvalue weighted by molar-refractivity contribution is 0.415. The number of methoxy groups -OCH3 is 1. The van der Waals surface area contributed by atoms with E-state index in [0.717, 1.165) is 17.1 Å². The normalized spacial score (nSPS) is 10.8. The second-order valence-corrected chi connectivity index (χ2v) is 8.53. The number of hydrogen-bond acceptors (Lipinski definition) is 2. The molecular formula is C30H36N2O. The van der Waals surface area contributed by atoms with Crippen LogP contribution in [0.4, 0.5) is 0 Å². The first kappa shape index (κ1) is 24.3. The van der Waals surface area contributed by atoms with Crippen molar-refractivity contribution in [2.24, 2.45) is 0 Å². The maximum Gasteiger partial charge on any atom is 0.144 e. The first-order valence-corrected chi connectivity index (χ1v) is 11.9. The monoisotopic (exact) mass is 440 g/mol. The number of nitrogens with zero attached hydrogens (tertiary/aromatic N) is 2. The van der Waals surface area contributed by atoms with Crippen LogP contribution in [-0.4, -0.2) is 16.7 Å². The Bertz CT molecular complexity index is 1140. The number of ether oxygens (including phenoxy) is 1. The van der Waals surface area contributed by atoms with E-state index < -0.39 is 0 Å². The van der Waals surface area contributed by atoms with E-state index >= 15 is 0 Å². The summed E-state index contributed by atoms with van der Waals surface area (Å²) in [6.07, 6.45) is 3.98. The van der Waals surface area contributed by atoms with Gasteiger partial charge in [-0.05, 0) is 58.4 Å². The number of benzene rings is 3. The molecule has 0 N–H and O–H groups in total. The summed E-state index contributed by atoms with van der Waals surface area (Å²) in [7, 11) is 1.71. The van der Waals surface area contributed by atoms with Gasteiger partial charge in [-0.1, -0.05) is 84.0 Å². The molecule has 0 radical (unpaired) electrons. The topological polar surface area (TPSA) is 27.1 Å². The molecule has 4 aromatic rings. The van der Waals surface area contributed by atoms with Gasteiger partial charge in [-0.15, -0.1) is 0 Å². The van der Waals surface area contributed by atoms with Crippen LogP contribution in [0.2, 0.25) is 0 Å². The molecule has 0 saturated heterocycles. The summed E-state index contributed by atoms with van der Waals surface area (Å²) in [4.78, 5) is 4.71. The molecule has 0 aliphatic heterocycles. The second-order valence-electron chi connectivity index (χ2n) is 8.53. The van der Waals surface area contributed by atoms with Gasteiger partial charge in [0.2, 0.25) is 0 Å². The smallest absolute Gasteiger partial charge is 0.144 e. The summed E-state index contributed by atoms with van der Waals surface area (Å²) in [5, 5.41) is 0. The van der Waals surface area contributed by atoms with Crippen molar-refractivity contribution in [3.8, 4) is 34.0 Å². The molecule has 33 heavy (non-hydrogen) atoms. The molecule has 0 spiro atoms. The van der Waals surface area contributed by atoms with Crippen LogP contribution in [0.25, 0.3) is 28.2 Å². The molecule has 0 atom stereocenters. The zero-order valence-electron chi connectivity index (χ0n) is 21.0. The molecule has 0 aliphatic carbocycles. The van der Waals surface area contributed by atoms with Crippen molar-refractivity contribution in [1.82, 2.24) is 9.55 Å². The summed E-state index contributed by atoms with van der Waals surface area (Å²) in [6.45, 7) is 13.0. The van der Waals surface area contributed by atoms with E-state index in [2.05, 4.69) is 93.1 Å². The van der Waals surface area contributed by atoms with E-state index in [1.807, 2.05) is 32.2 Å². The Kier molecular flexibility index (Phi) is 8.11. The van der Waals surface area contributed by atoms with Gasteiger partial charge < -0.3 is 4.74 Å². The molecule has 0 aliphatic rings. The van der Waals surface area contributed by atoms with E-state index in [4.69, 9.17) is 9.72 Å². The van der Waals surface area contributed by atoms with E-state index in [1.54, 1.807) is 7.11 Å². The third-order valence-electron chi connectivity index (χ3n) is 5.73. The van der Waals surface area contributed by atoms with Crippen molar-refractivity contribution in [3.63, 3.8) is 0 Å². The lowest BCUT2D eigenvalue weighted by Gasteiger charge is -2.24. The van der Waals surface area contributed by atoms with Gasteiger partial charge in [-0.3, -0.25) is 4.57 Å². The molecule has 3 aromatic carbocycles. The third-order valence-corrected chi connectivity index (χ3v) is 5.73. The number of hydrogen-bond donors (Lipinski definition) is 0. The average molecular weight is 441 g/mol. The Balaban J connectivity index is 0.00000149. The van der Waals surface area contributed by atoms with Gasteiger partial charge >= 0.3 is 0 Å². The van der Waals surface area contributed by atoms with Crippen molar-refractivity contribution in [2.45, 2.75) is 53.4 Å². The standard InChI is InChI=1S/C28H30N2O.C2H6/c1-19(2)25-17-23(22-12-9-13-24(16-22)31-5)18-26(20(3)4)27(25)30-15-14-29-28(30)21-10-7-6-8-11-21;1-2/h6-20H,1-5H3;1-2H3. The predicted molar refractivity (Wildman–Crippen MR) is 141 cm³/mol. The quantitative estimate of drug-likeness (QED) is 0.300. The average Bonchev–Trinajstić information content (AvgIpc) is 3.34. The third kappa shape index (κ3) is 5.19. The highest BCUT2D eigenvalue weighted by atomic mass is 16.5. The predicted octanol–water partition coefficient (Wildman–Crippen LogP) is 8.49. The van der Waals surface area contributed by atoms with Gasteiger partial charge in [-0.25, -0.2) is 4.98 Å². The van der Waals surface area contributed by atoms with Crippen LogP contribution in [-0.2, 0) is 0 Å². The molecule has 0 bridgehead atoms. The summed E-state index contributed by atoms with van der Waals surface area (Å²) in [5.74, 6) is 2.58. The summed E-state index contributed by atoms with van der Waals surface area (Å²) >= 11 is 0. The SMILES string of the molecule is CC.COc1cccc(-c2cc(C(C)C)c(-n3ccnc3-c3ccccc3)c(C(C)C)c2)c1. The number of imidazole rings is 1. The van der Waals surface area contributed by atoms with Crippen molar-refractivity contribution in [3.05, 3.63) is 90.3 Å². The van der Waals surface area contributed by atoms with Crippen LogP contribution in [0.15, 0.2) is 79.1 Å². The van der Waals surface area contributed by atoms with E-state index in [9.17, 15) is 0 Å². The molecule has 0 unspecified atom stereocenters. The fraction of sp³-hybridized carbons (Fsp3) is 0.300. The van der Waals surface area contributed by atoms with E-state index in [0.29, 0.717) is 11.8 Å². The Morgan fingerprint density at radius 2 is 1.33 bits per heavy atom. The molecular weight excluding hydrogens is 404 g/mol. The maximum atomic E-state index is 5.47. The molecule has 1 aromatic heterocycles. The second kappa shape index (κ2) is 11.0. The van der Waals surface area contributed by atoms with Gasteiger partial charge in [0, 0.05) is 18.0 Å². The van der Waals surface area contributed by atoms with Crippen molar-refractivity contribution in [1.29, 1.82) is 0 Å². The Hall–Kier alpha value is -3.33. The molecule has 3 nitrogen and oxygen atoms in total. The van der Waals surface area contributed by atoms with Gasteiger partial charge in [0.05, 0.1) is 12.8 Å². The van der Waals surface area contributed by atoms with Crippen LogP contribution in [0.1, 0.15) is 64.5 Å². The van der Waals surface area contributed by atoms with Crippen molar-refractivity contribution in [2.75, 3.05) is 7.11 Å². The molecule has 0 fully saturated rings.